The smallest absolute Gasteiger partial charge is 0.329 e. The van der Waals surface area contributed by atoms with Crippen molar-refractivity contribution in [2.75, 3.05) is 33.2 Å². The van der Waals surface area contributed by atoms with Crippen LogP contribution in [0.25, 0.3) is 0 Å². The molecule has 2 aliphatic heterocycles. The molecular formula is C28H49N6O7S-. The fourth-order valence-corrected chi connectivity index (χ4v) is 6.55. The lowest BCUT2D eigenvalue weighted by molar-refractivity contribution is -0.145. The second kappa shape index (κ2) is 14.9. The molecule has 1 aliphatic carbocycles. The molecule has 4 amide bonds. The van der Waals surface area contributed by atoms with E-state index in [9.17, 15) is 33.0 Å². The summed E-state index contributed by atoms with van der Waals surface area (Å²) < 4.78 is 24.9. The largest absolute Gasteiger partial charge is 0.760 e. The van der Waals surface area contributed by atoms with Gasteiger partial charge in [0.05, 0.1) is 0 Å². The lowest BCUT2D eigenvalue weighted by atomic mass is 9.86. The van der Waals surface area contributed by atoms with Gasteiger partial charge < -0.3 is 35.8 Å². The molecule has 42 heavy (non-hydrogen) atoms. The van der Waals surface area contributed by atoms with Crippen molar-refractivity contribution >= 4 is 35.1 Å². The van der Waals surface area contributed by atoms with Crippen molar-refractivity contribution < 1.29 is 33.0 Å². The molecule has 0 aromatic carbocycles. The molecule has 3 aliphatic rings. The van der Waals surface area contributed by atoms with E-state index in [2.05, 4.69) is 21.3 Å². The highest BCUT2D eigenvalue weighted by Crippen LogP contribution is 2.47. The summed E-state index contributed by atoms with van der Waals surface area (Å²) in [6.07, 6.45) is 6.89. The first-order valence-corrected chi connectivity index (χ1v) is 16.2. The Kier molecular flexibility index (Phi) is 12.2. The molecule has 2 saturated heterocycles. The lowest BCUT2D eigenvalue weighted by Crippen LogP contribution is -2.59. The highest BCUT2D eigenvalue weighted by Gasteiger charge is 2.61. The third-order valence-electron chi connectivity index (χ3n) is 8.88. The van der Waals surface area contributed by atoms with Gasteiger partial charge in [0.1, 0.15) is 17.6 Å². The quantitative estimate of drug-likeness (QED) is 0.239. The number of likely N-dealkylation sites (N-methyl/N-ethyl adjacent to an activating group) is 1. The molecule has 0 spiro atoms. The standard InChI is InChI=1S/C28H50N6O7S/c1-27(2,3)22(18-33(42(40)41)16-14-29-4)31-26(39)30-20-12-9-7-5-6-8-11-19-17-28(19,25(37)38)32-23(35)21-13-10-15-34(21)24(20)36/h19-22,29H,5-18H2,1-4H3,(H,32,35)(H,37,38)(H,40,41)(H2,30,31,39)/p-1/t19?,20-,21-,22+,28+/m0/s1. The van der Waals surface area contributed by atoms with Crippen molar-refractivity contribution in [1.29, 1.82) is 0 Å². The third kappa shape index (κ3) is 8.87. The number of aliphatic carboxylic acids is 1. The number of hydrogen-bond donors (Lipinski definition) is 5. The van der Waals surface area contributed by atoms with Crippen molar-refractivity contribution in [2.24, 2.45) is 11.3 Å². The Labute approximate surface area is 251 Å². The number of carbonyl (C=O) groups excluding carboxylic acids is 3. The number of nitrogens with zero attached hydrogens (tertiary/aromatic N) is 2. The molecule has 3 rings (SSSR count). The zero-order valence-electron chi connectivity index (χ0n) is 25.4. The number of carboxylic acid groups (broad SMARTS) is 1. The molecule has 3 fully saturated rings. The van der Waals surface area contributed by atoms with Crippen LogP contribution in [0, 0.1) is 11.3 Å². The van der Waals surface area contributed by atoms with Gasteiger partial charge in [-0.1, -0.05) is 52.9 Å². The predicted octanol–water partition coefficient (Wildman–Crippen LogP) is 1.08. The SMILES string of the molecule is CNCCN(C[C@@H](NC(=O)N[C@H]1CCCCCCCC2C[C@@]2(C(=O)O)NC(=O)[C@@H]2CCCN2C1=O)C(C)(C)C)S(=O)[O-]. The zero-order valence-corrected chi connectivity index (χ0v) is 26.2. The number of amides is 4. The molecule has 0 aromatic rings. The minimum Gasteiger partial charge on any atom is -0.760 e. The summed E-state index contributed by atoms with van der Waals surface area (Å²) in [7, 11) is 1.73. The summed E-state index contributed by atoms with van der Waals surface area (Å²) in [6, 6.07) is -2.79. The molecule has 240 valence electrons. The normalized spacial score (nSPS) is 28.9. The number of carbonyl (C=O) groups is 4. The second-order valence-corrected chi connectivity index (χ2v) is 13.9. The van der Waals surface area contributed by atoms with Crippen molar-refractivity contribution in [2.45, 2.75) is 109 Å². The molecule has 13 nitrogen and oxygen atoms in total. The van der Waals surface area contributed by atoms with Crippen LogP contribution in [0.15, 0.2) is 0 Å². The van der Waals surface area contributed by atoms with Crippen LogP contribution in [0.5, 0.6) is 0 Å². The zero-order chi connectivity index (χ0) is 31.1. The van der Waals surface area contributed by atoms with Crippen LogP contribution < -0.4 is 21.3 Å². The fourth-order valence-electron chi connectivity index (χ4n) is 6.04. The van der Waals surface area contributed by atoms with Crippen LogP contribution in [-0.4, -0.2) is 104 Å². The van der Waals surface area contributed by atoms with Gasteiger partial charge in [-0.15, -0.1) is 0 Å². The van der Waals surface area contributed by atoms with Gasteiger partial charge in [-0.25, -0.2) is 13.9 Å². The Balaban J connectivity index is 1.75. The molecule has 6 atom stereocenters. The van der Waals surface area contributed by atoms with Crippen molar-refractivity contribution in [3.63, 3.8) is 0 Å². The monoisotopic (exact) mass is 613 g/mol. The Hall–Kier alpha value is -2.29. The Morgan fingerprint density at radius 3 is 2.43 bits per heavy atom. The highest BCUT2D eigenvalue weighted by molar-refractivity contribution is 7.76. The lowest BCUT2D eigenvalue weighted by Gasteiger charge is -2.37. The van der Waals surface area contributed by atoms with E-state index in [4.69, 9.17) is 0 Å². The first kappa shape index (κ1) is 34.2. The molecule has 1 saturated carbocycles. The number of urea groups is 1. The summed E-state index contributed by atoms with van der Waals surface area (Å²) in [5.74, 6) is -1.95. The summed E-state index contributed by atoms with van der Waals surface area (Å²) in [5.41, 5.74) is -1.75. The van der Waals surface area contributed by atoms with Crippen LogP contribution in [0.1, 0.15) is 85.0 Å². The van der Waals surface area contributed by atoms with E-state index in [1.165, 1.54) is 9.21 Å². The second-order valence-electron chi connectivity index (χ2n) is 13.0. The maximum absolute atomic E-state index is 13.8. The van der Waals surface area contributed by atoms with Gasteiger partial charge in [-0.2, -0.15) is 0 Å². The predicted molar refractivity (Wildman–Crippen MR) is 157 cm³/mol. The first-order chi connectivity index (χ1) is 19.8. The summed E-state index contributed by atoms with van der Waals surface area (Å²) in [6.45, 7) is 6.81. The van der Waals surface area contributed by atoms with Crippen LogP contribution in [-0.2, 0) is 25.7 Å². The van der Waals surface area contributed by atoms with E-state index >= 15 is 0 Å². The van der Waals surface area contributed by atoms with Crippen LogP contribution in [0.3, 0.4) is 0 Å². The van der Waals surface area contributed by atoms with Crippen molar-refractivity contribution in [3.8, 4) is 0 Å². The van der Waals surface area contributed by atoms with Crippen LogP contribution in [0.4, 0.5) is 4.79 Å². The Bertz CT molecular complexity index is 1010. The van der Waals surface area contributed by atoms with Gasteiger partial charge in [0, 0.05) is 43.5 Å². The Morgan fingerprint density at radius 1 is 1.14 bits per heavy atom. The number of rotatable bonds is 9. The molecular weight excluding hydrogens is 564 g/mol. The van der Waals surface area contributed by atoms with Gasteiger partial charge >= 0.3 is 12.0 Å². The topological polar surface area (TPSA) is 183 Å². The Morgan fingerprint density at radius 2 is 1.81 bits per heavy atom. The van der Waals surface area contributed by atoms with E-state index in [0.717, 1.165) is 32.1 Å². The van der Waals surface area contributed by atoms with E-state index in [-0.39, 0.29) is 24.9 Å². The highest BCUT2D eigenvalue weighted by atomic mass is 32.2. The molecule has 2 unspecified atom stereocenters. The number of carboxylic acids is 1. The van der Waals surface area contributed by atoms with Crippen LogP contribution >= 0.6 is 0 Å². The molecule has 0 aromatic heterocycles. The molecule has 14 heteroatoms. The minimum absolute atomic E-state index is 0.0635. The van der Waals surface area contributed by atoms with E-state index in [1.54, 1.807) is 7.05 Å². The maximum Gasteiger partial charge on any atom is 0.329 e. The average molecular weight is 614 g/mol. The minimum atomic E-state index is -2.48. The molecule has 0 bridgehead atoms. The number of nitrogens with one attached hydrogen (secondary N) is 4. The van der Waals surface area contributed by atoms with E-state index in [0.29, 0.717) is 45.2 Å². The van der Waals surface area contributed by atoms with Gasteiger partial charge in [-0.05, 0) is 50.5 Å². The molecule has 0 radical (unpaired) electrons. The fraction of sp³-hybridized carbons (Fsp3) is 0.857. The average Bonchev–Trinajstić information content (AvgIpc) is 3.37. The van der Waals surface area contributed by atoms with Gasteiger partial charge in [0.25, 0.3) is 0 Å². The van der Waals surface area contributed by atoms with Gasteiger partial charge in [0.2, 0.25) is 11.8 Å². The molecule has 5 N–H and O–H groups in total. The maximum atomic E-state index is 13.8. The molecule has 2 heterocycles. The van der Waals surface area contributed by atoms with Gasteiger partial charge in [0.15, 0.2) is 0 Å². The van der Waals surface area contributed by atoms with Gasteiger partial charge in [-0.3, -0.25) is 13.8 Å². The van der Waals surface area contributed by atoms with Crippen molar-refractivity contribution in [3.05, 3.63) is 0 Å². The van der Waals surface area contributed by atoms with E-state index < -0.39 is 58.3 Å². The number of hydrogen-bond acceptors (Lipinski definition) is 7. The van der Waals surface area contributed by atoms with E-state index in [1.807, 2.05) is 20.8 Å². The summed E-state index contributed by atoms with van der Waals surface area (Å²) >= 11 is -2.48. The van der Waals surface area contributed by atoms with Crippen molar-refractivity contribution in [1.82, 2.24) is 30.5 Å². The summed E-state index contributed by atoms with van der Waals surface area (Å²) in [4.78, 5) is 54.0. The number of fused-ring (bicyclic) bond motifs is 2. The third-order valence-corrected chi connectivity index (χ3v) is 9.63. The summed E-state index contributed by atoms with van der Waals surface area (Å²) in [5, 5.41) is 21.3. The van der Waals surface area contributed by atoms with Crippen LogP contribution in [0.2, 0.25) is 0 Å². The first-order valence-electron chi connectivity index (χ1n) is 15.2.